The lowest BCUT2D eigenvalue weighted by Crippen LogP contribution is -2.44. The number of nitrogens with zero attached hydrogens (tertiary/aromatic N) is 4. The molecule has 0 amide bonds. The number of imidazole rings is 1. The third-order valence-corrected chi connectivity index (χ3v) is 8.88. The summed E-state index contributed by atoms with van der Waals surface area (Å²) < 4.78 is 38.7. The predicted molar refractivity (Wildman–Crippen MR) is 138 cm³/mol. The summed E-state index contributed by atoms with van der Waals surface area (Å²) in [6.45, 7) is 12.1. The van der Waals surface area contributed by atoms with Crippen molar-refractivity contribution < 1.29 is 17.9 Å². The van der Waals surface area contributed by atoms with Crippen molar-refractivity contribution in [3.8, 4) is 11.1 Å². The van der Waals surface area contributed by atoms with Gasteiger partial charge in [-0.15, -0.1) is 0 Å². The molecule has 184 valence electrons. The van der Waals surface area contributed by atoms with E-state index in [0.717, 1.165) is 17.4 Å². The van der Waals surface area contributed by atoms with Crippen LogP contribution in [0.2, 0.25) is 25.7 Å². The fourth-order valence-corrected chi connectivity index (χ4v) is 5.75. The molecule has 0 N–H and O–H groups in total. The Labute approximate surface area is 202 Å². The van der Waals surface area contributed by atoms with Gasteiger partial charge in [-0.3, -0.25) is 4.57 Å². The van der Waals surface area contributed by atoms with Gasteiger partial charge in [0.15, 0.2) is 15.5 Å². The number of hydrogen-bond donors (Lipinski definition) is 0. The highest BCUT2D eigenvalue weighted by Crippen LogP contribution is 2.35. The molecule has 4 rings (SSSR count). The molecule has 0 aliphatic carbocycles. The minimum absolute atomic E-state index is 0.154. The second-order valence-corrected chi connectivity index (χ2v) is 17.8. The first-order valence-corrected chi connectivity index (χ1v) is 17.2. The van der Waals surface area contributed by atoms with E-state index >= 15 is 0 Å². The normalized spacial score (nSPS) is 17.4. The molecule has 1 aromatic carbocycles. The first kappa shape index (κ1) is 24.8. The van der Waals surface area contributed by atoms with Crippen LogP contribution in [0.1, 0.15) is 6.92 Å². The van der Waals surface area contributed by atoms with E-state index in [2.05, 4.69) is 36.4 Å². The van der Waals surface area contributed by atoms with Crippen LogP contribution in [0.5, 0.6) is 0 Å². The van der Waals surface area contributed by atoms with Gasteiger partial charge >= 0.3 is 0 Å². The van der Waals surface area contributed by atoms with Crippen LogP contribution in [0.3, 0.4) is 0 Å². The van der Waals surface area contributed by atoms with E-state index in [1.165, 1.54) is 6.26 Å². The van der Waals surface area contributed by atoms with Crippen LogP contribution in [-0.4, -0.2) is 69.7 Å². The van der Waals surface area contributed by atoms with Crippen LogP contribution in [0.4, 0.5) is 5.82 Å². The number of aromatic nitrogens is 3. The number of benzene rings is 1. The van der Waals surface area contributed by atoms with Crippen molar-refractivity contribution in [2.45, 2.75) is 50.3 Å². The minimum Gasteiger partial charge on any atom is -0.377 e. The zero-order chi connectivity index (χ0) is 24.5. The second kappa shape index (κ2) is 9.77. The van der Waals surface area contributed by atoms with Crippen LogP contribution in [0.25, 0.3) is 22.3 Å². The summed E-state index contributed by atoms with van der Waals surface area (Å²) in [5.74, 6) is 0.783. The van der Waals surface area contributed by atoms with E-state index in [9.17, 15) is 8.42 Å². The number of hydrogen-bond acceptors (Lipinski definition) is 7. The fourth-order valence-electron chi connectivity index (χ4n) is 4.09. The topological polar surface area (TPSA) is 86.6 Å². The van der Waals surface area contributed by atoms with Crippen molar-refractivity contribution in [3.05, 3.63) is 36.7 Å². The fraction of sp³-hybridized carbons (Fsp3) is 0.500. The molecule has 2 aromatic heterocycles. The molecule has 0 bridgehead atoms. The van der Waals surface area contributed by atoms with Crippen LogP contribution in [-0.2, 0) is 26.0 Å². The van der Waals surface area contributed by atoms with Gasteiger partial charge in [-0.1, -0.05) is 37.8 Å². The van der Waals surface area contributed by atoms with E-state index in [1.54, 1.807) is 18.5 Å². The Bertz CT molecular complexity index is 1270. The molecule has 3 heterocycles. The van der Waals surface area contributed by atoms with Gasteiger partial charge in [0.1, 0.15) is 18.1 Å². The molecule has 1 aliphatic rings. The summed E-state index contributed by atoms with van der Waals surface area (Å²) in [5, 5.41) is 0. The molecule has 1 aliphatic heterocycles. The quantitative estimate of drug-likeness (QED) is 0.339. The van der Waals surface area contributed by atoms with Crippen LogP contribution < -0.4 is 4.90 Å². The second-order valence-electron chi connectivity index (χ2n) is 10.1. The van der Waals surface area contributed by atoms with Crippen LogP contribution in [0, 0.1) is 0 Å². The van der Waals surface area contributed by atoms with Gasteiger partial charge in [0.05, 0.1) is 30.5 Å². The lowest BCUT2D eigenvalue weighted by atomic mass is 10.0. The maximum absolute atomic E-state index is 12.6. The van der Waals surface area contributed by atoms with Gasteiger partial charge in [0.25, 0.3) is 0 Å². The third kappa shape index (κ3) is 5.51. The Kier molecular flexibility index (Phi) is 7.14. The predicted octanol–water partition coefficient (Wildman–Crippen LogP) is 4.04. The maximum Gasteiger partial charge on any atom is 0.176 e. The summed E-state index contributed by atoms with van der Waals surface area (Å²) in [4.78, 5) is 12.1. The van der Waals surface area contributed by atoms with Gasteiger partial charge in [0, 0.05) is 38.6 Å². The Hall–Kier alpha value is -2.27. The Morgan fingerprint density at radius 3 is 2.68 bits per heavy atom. The average molecular weight is 503 g/mol. The SMILES string of the molecule is C[C@@H]1COCCN1c1cc(-c2ccccc2S(C)(=O)=O)c2ncn(COCC[Si](C)(C)C)c2n1. The zero-order valence-electron chi connectivity index (χ0n) is 20.6. The molecular formula is C24H34N4O4SSi. The largest absolute Gasteiger partial charge is 0.377 e. The molecule has 0 spiro atoms. The van der Waals surface area contributed by atoms with Crippen molar-refractivity contribution in [1.29, 1.82) is 0 Å². The summed E-state index contributed by atoms with van der Waals surface area (Å²) in [6, 6.07) is 10.3. The third-order valence-electron chi connectivity index (χ3n) is 6.02. The molecule has 8 nitrogen and oxygen atoms in total. The molecule has 0 saturated carbocycles. The van der Waals surface area contributed by atoms with Crippen molar-refractivity contribution in [3.63, 3.8) is 0 Å². The molecule has 1 fully saturated rings. The minimum atomic E-state index is -3.43. The number of pyridine rings is 1. The molecule has 10 heteroatoms. The molecule has 0 radical (unpaired) electrons. The van der Waals surface area contributed by atoms with E-state index in [1.807, 2.05) is 22.8 Å². The van der Waals surface area contributed by atoms with Gasteiger partial charge in [-0.2, -0.15) is 0 Å². The summed E-state index contributed by atoms with van der Waals surface area (Å²) in [5.41, 5.74) is 2.72. The van der Waals surface area contributed by atoms with Crippen molar-refractivity contribution in [2.75, 3.05) is 37.5 Å². The van der Waals surface area contributed by atoms with Crippen LogP contribution in [0.15, 0.2) is 41.6 Å². The zero-order valence-corrected chi connectivity index (χ0v) is 22.4. The number of sulfone groups is 1. The van der Waals surface area contributed by atoms with Gasteiger partial charge in [-0.05, 0) is 25.1 Å². The Morgan fingerprint density at radius 1 is 1.21 bits per heavy atom. The number of anilines is 1. The molecule has 1 saturated heterocycles. The lowest BCUT2D eigenvalue weighted by Gasteiger charge is -2.34. The van der Waals surface area contributed by atoms with E-state index in [-0.39, 0.29) is 10.9 Å². The molecule has 0 unspecified atom stereocenters. The Balaban J connectivity index is 1.81. The smallest absolute Gasteiger partial charge is 0.176 e. The van der Waals surface area contributed by atoms with Crippen LogP contribution >= 0.6 is 0 Å². The standard InChI is InChI=1S/C24H34N4O4SSi/c1-18-15-31-11-10-28(18)22-14-20(19-8-6-7-9-21(19)33(2,29)30)23-24(26-22)27(16-25-23)17-32-12-13-34(3,4)5/h6-9,14,16,18H,10-13,15,17H2,1-5H3/t18-/m1/s1. The summed E-state index contributed by atoms with van der Waals surface area (Å²) >= 11 is 0. The maximum atomic E-state index is 12.6. The molecule has 3 aromatic rings. The monoisotopic (exact) mass is 502 g/mol. The first-order chi connectivity index (χ1) is 16.0. The van der Waals surface area contributed by atoms with Crippen molar-refractivity contribution in [1.82, 2.24) is 14.5 Å². The molecule has 1 atom stereocenters. The van der Waals surface area contributed by atoms with Gasteiger partial charge in [0.2, 0.25) is 0 Å². The number of ether oxygens (including phenoxy) is 2. The average Bonchev–Trinajstić information content (AvgIpc) is 3.18. The Morgan fingerprint density at radius 2 is 1.97 bits per heavy atom. The summed E-state index contributed by atoms with van der Waals surface area (Å²) in [7, 11) is -4.62. The summed E-state index contributed by atoms with van der Waals surface area (Å²) in [6.07, 6.45) is 2.96. The lowest BCUT2D eigenvalue weighted by molar-refractivity contribution is 0.0894. The van der Waals surface area contributed by atoms with Crippen molar-refractivity contribution >= 4 is 34.9 Å². The van der Waals surface area contributed by atoms with Gasteiger partial charge < -0.3 is 14.4 Å². The molecular weight excluding hydrogens is 468 g/mol. The molecule has 34 heavy (non-hydrogen) atoms. The number of rotatable bonds is 8. The highest BCUT2D eigenvalue weighted by Gasteiger charge is 2.25. The first-order valence-electron chi connectivity index (χ1n) is 11.6. The van der Waals surface area contributed by atoms with E-state index < -0.39 is 17.9 Å². The van der Waals surface area contributed by atoms with Gasteiger partial charge in [-0.25, -0.2) is 18.4 Å². The highest BCUT2D eigenvalue weighted by molar-refractivity contribution is 7.90. The highest BCUT2D eigenvalue weighted by atomic mass is 32.2. The van der Waals surface area contributed by atoms with E-state index in [0.29, 0.717) is 49.8 Å². The van der Waals surface area contributed by atoms with E-state index in [4.69, 9.17) is 14.5 Å². The number of morpholine rings is 1. The van der Waals surface area contributed by atoms with Crippen molar-refractivity contribution in [2.24, 2.45) is 0 Å². The number of fused-ring (bicyclic) bond motifs is 1.